The van der Waals surface area contributed by atoms with Crippen LogP contribution in [0.3, 0.4) is 0 Å². The molecule has 0 spiro atoms. The van der Waals surface area contributed by atoms with Gasteiger partial charge in [0.05, 0.1) is 22.6 Å². The summed E-state index contributed by atoms with van der Waals surface area (Å²) >= 11 is 0. The third-order valence-electron chi connectivity index (χ3n) is 6.80. The zero-order chi connectivity index (χ0) is 24.9. The minimum Gasteiger partial charge on any atom is -0.465 e. The number of piperazine rings is 1. The molecule has 3 aromatic heterocycles. The van der Waals surface area contributed by atoms with E-state index < -0.39 is 24.2 Å². The molecule has 4 heterocycles. The van der Waals surface area contributed by atoms with Crippen molar-refractivity contribution in [1.82, 2.24) is 24.4 Å². The Morgan fingerprint density at radius 3 is 2.69 bits per heavy atom. The Kier molecular flexibility index (Phi) is 5.50. The second-order valence-corrected chi connectivity index (χ2v) is 9.09. The molecule has 9 nitrogen and oxygen atoms in total. The van der Waals surface area contributed by atoms with Crippen LogP contribution in [0.4, 0.5) is 23.8 Å². The number of halogens is 3. The summed E-state index contributed by atoms with van der Waals surface area (Å²) in [5, 5.41) is 19.5. The van der Waals surface area contributed by atoms with Crippen molar-refractivity contribution >= 4 is 22.9 Å². The van der Waals surface area contributed by atoms with Crippen molar-refractivity contribution in [2.24, 2.45) is 0 Å². The van der Waals surface area contributed by atoms with Crippen molar-refractivity contribution in [3.8, 4) is 11.9 Å². The van der Waals surface area contributed by atoms with E-state index in [0.29, 0.717) is 28.2 Å². The highest BCUT2D eigenvalue weighted by Gasteiger charge is 2.51. The molecule has 2 atom stereocenters. The highest BCUT2D eigenvalue weighted by molar-refractivity contribution is 5.93. The summed E-state index contributed by atoms with van der Waals surface area (Å²) < 4.78 is 43.4. The number of nitrogens with zero attached hydrogens (tertiary/aromatic N) is 7. The normalized spacial score (nSPS) is 21.4. The molecule has 35 heavy (non-hydrogen) atoms. The molecule has 12 heteroatoms. The monoisotopic (exact) mass is 485 g/mol. The topological polar surface area (TPSA) is 111 Å². The van der Waals surface area contributed by atoms with Gasteiger partial charge >= 0.3 is 6.09 Å². The Bertz CT molecular complexity index is 1340. The predicted molar refractivity (Wildman–Crippen MR) is 120 cm³/mol. The van der Waals surface area contributed by atoms with E-state index in [1.165, 1.54) is 19.4 Å². The minimum atomic E-state index is -3.34. The number of carboxylic acid groups (broad SMARTS) is 1. The van der Waals surface area contributed by atoms with Crippen LogP contribution in [0.25, 0.3) is 16.9 Å². The van der Waals surface area contributed by atoms with Crippen LogP contribution in [0, 0.1) is 11.3 Å². The summed E-state index contributed by atoms with van der Waals surface area (Å²) in [5.41, 5.74) is -0.0681. The van der Waals surface area contributed by atoms with Crippen molar-refractivity contribution in [1.29, 1.82) is 5.26 Å². The van der Waals surface area contributed by atoms with Crippen molar-refractivity contribution < 1.29 is 23.1 Å². The SMILES string of the molecule is CC1(C(F)C(F)F)CN(c2ncnc3c2c(C2CC2)cn3-c2cc(C#N)ccn2)CCN1C(=O)O. The number of carbonyl (C=O) groups is 1. The second-order valence-electron chi connectivity index (χ2n) is 9.09. The van der Waals surface area contributed by atoms with Gasteiger partial charge in [0.25, 0.3) is 6.43 Å². The van der Waals surface area contributed by atoms with Crippen LogP contribution in [-0.4, -0.2) is 73.4 Å². The van der Waals surface area contributed by atoms with Crippen LogP contribution in [-0.2, 0) is 0 Å². The van der Waals surface area contributed by atoms with E-state index in [1.54, 1.807) is 21.6 Å². The van der Waals surface area contributed by atoms with E-state index in [1.807, 2.05) is 6.20 Å². The van der Waals surface area contributed by atoms with Crippen molar-refractivity contribution in [2.75, 3.05) is 24.5 Å². The number of fused-ring (bicyclic) bond motifs is 1. The minimum absolute atomic E-state index is 0.154. The van der Waals surface area contributed by atoms with Crippen molar-refractivity contribution in [2.45, 2.75) is 43.8 Å². The van der Waals surface area contributed by atoms with Crippen LogP contribution in [0.5, 0.6) is 0 Å². The van der Waals surface area contributed by atoms with Gasteiger partial charge in [-0.25, -0.2) is 32.9 Å². The Hall–Kier alpha value is -3.88. The maximum atomic E-state index is 14.8. The van der Waals surface area contributed by atoms with Gasteiger partial charge in [-0.3, -0.25) is 9.47 Å². The molecule has 0 radical (unpaired) electrons. The zero-order valence-electron chi connectivity index (χ0n) is 18.8. The summed E-state index contributed by atoms with van der Waals surface area (Å²) in [6, 6.07) is 5.32. The first-order valence-electron chi connectivity index (χ1n) is 11.1. The first-order chi connectivity index (χ1) is 16.7. The molecule has 0 aromatic carbocycles. The fraction of sp³-hybridized carbons (Fsp3) is 0.435. The zero-order valence-corrected chi connectivity index (χ0v) is 18.8. The lowest BCUT2D eigenvalue weighted by molar-refractivity contribution is -0.0518. The number of anilines is 1. The molecule has 3 aromatic rings. The fourth-order valence-corrected chi connectivity index (χ4v) is 4.84. The highest BCUT2D eigenvalue weighted by Crippen LogP contribution is 2.46. The van der Waals surface area contributed by atoms with Gasteiger partial charge in [0, 0.05) is 32.0 Å². The molecular formula is C23H22F3N7O2. The van der Waals surface area contributed by atoms with Crippen LogP contribution in [0.2, 0.25) is 0 Å². The first-order valence-corrected chi connectivity index (χ1v) is 11.1. The maximum absolute atomic E-state index is 14.8. The molecule has 2 aliphatic rings. The summed E-state index contributed by atoms with van der Waals surface area (Å²) in [6.07, 6.45) is -0.785. The quantitative estimate of drug-likeness (QED) is 0.586. The number of pyridine rings is 1. The first kappa shape index (κ1) is 22.9. The lowest BCUT2D eigenvalue weighted by atomic mass is 9.90. The van der Waals surface area contributed by atoms with E-state index in [2.05, 4.69) is 21.0 Å². The Morgan fingerprint density at radius 2 is 2.03 bits per heavy atom. The number of hydrogen-bond donors (Lipinski definition) is 1. The number of aromatic nitrogens is 4. The van der Waals surface area contributed by atoms with E-state index in [4.69, 9.17) is 0 Å². The molecule has 182 valence electrons. The van der Waals surface area contributed by atoms with Crippen LogP contribution >= 0.6 is 0 Å². The predicted octanol–water partition coefficient (Wildman–Crippen LogP) is 3.73. The van der Waals surface area contributed by atoms with Gasteiger partial charge < -0.3 is 10.0 Å². The number of nitriles is 1. The summed E-state index contributed by atoms with van der Waals surface area (Å²) in [4.78, 5) is 27.4. The van der Waals surface area contributed by atoms with E-state index in [9.17, 15) is 28.3 Å². The molecule has 1 saturated carbocycles. The fourth-order valence-electron chi connectivity index (χ4n) is 4.84. The Balaban J connectivity index is 1.63. The second kappa shape index (κ2) is 8.41. The molecule has 1 saturated heterocycles. The van der Waals surface area contributed by atoms with Crippen molar-refractivity contribution in [3.05, 3.63) is 42.0 Å². The smallest absolute Gasteiger partial charge is 0.407 e. The van der Waals surface area contributed by atoms with Crippen LogP contribution in [0.15, 0.2) is 30.9 Å². The molecule has 0 bridgehead atoms. The molecule has 2 unspecified atom stereocenters. The summed E-state index contributed by atoms with van der Waals surface area (Å²) in [5.74, 6) is 1.18. The van der Waals surface area contributed by atoms with Gasteiger partial charge in [0.15, 0.2) is 11.8 Å². The van der Waals surface area contributed by atoms with Gasteiger partial charge in [0.1, 0.15) is 18.0 Å². The average molecular weight is 485 g/mol. The Labute approximate surface area is 198 Å². The van der Waals surface area contributed by atoms with Crippen molar-refractivity contribution in [3.63, 3.8) is 0 Å². The molecule has 1 aliphatic carbocycles. The maximum Gasteiger partial charge on any atom is 0.407 e. The Morgan fingerprint density at radius 1 is 1.26 bits per heavy atom. The van der Waals surface area contributed by atoms with Gasteiger partial charge in [-0.2, -0.15) is 5.26 Å². The highest BCUT2D eigenvalue weighted by atomic mass is 19.3. The largest absolute Gasteiger partial charge is 0.465 e. The standard InChI is InChI=1S/C23H22F3N7O2/c1-23(18(24)19(25)26)11-31(6-7-33(23)22(34)35)20-17-15(14-2-3-14)10-32(21(17)30-12-29-20)16-8-13(9-27)4-5-28-16/h4-5,8,10,12,14,18-19H,2-3,6-7,11H2,1H3,(H,34,35). The summed E-state index contributed by atoms with van der Waals surface area (Å²) in [6.45, 7) is 0.901. The third kappa shape index (κ3) is 3.80. The molecular weight excluding hydrogens is 463 g/mol. The molecule has 1 N–H and O–H groups in total. The number of hydrogen-bond acceptors (Lipinski definition) is 6. The van der Waals surface area contributed by atoms with E-state index >= 15 is 0 Å². The average Bonchev–Trinajstić information content (AvgIpc) is 3.62. The summed E-state index contributed by atoms with van der Waals surface area (Å²) in [7, 11) is 0. The van der Waals surface area contributed by atoms with Gasteiger partial charge in [-0.05, 0) is 43.4 Å². The third-order valence-corrected chi connectivity index (χ3v) is 6.80. The molecule has 1 amide bonds. The van der Waals surface area contributed by atoms with E-state index in [-0.39, 0.29) is 25.6 Å². The molecule has 1 aliphatic heterocycles. The number of amides is 1. The number of rotatable bonds is 5. The van der Waals surface area contributed by atoms with Crippen LogP contribution in [0.1, 0.15) is 36.8 Å². The molecule has 5 rings (SSSR count). The van der Waals surface area contributed by atoms with Gasteiger partial charge in [0.2, 0.25) is 0 Å². The van der Waals surface area contributed by atoms with Crippen LogP contribution < -0.4 is 4.90 Å². The van der Waals surface area contributed by atoms with Gasteiger partial charge in [-0.15, -0.1) is 0 Å². The number of alkyl halides is 3. The lowest BCUT2D eigenvalue weighted by Gasteiger charge is -2.49. The lowest BCUT2D eigenvalue weighted by Crippen LogP contribution is -2.67. The van der Waals surface area contributed by atoms with Gasteiger partial charge in [-0.1, -0.05) is 0 Å². The molecule has 2 fully saturated rings. The van der Waals surface area contributed by atoms with E-state index in [0.717, 1.165) is 23.3 Å².